The third-order valence-corrected chi connectivity index (χ3v) is 5.88. The van der Waals surface area contributed by atoms with Crippen molar-refractivity contribution in [2.24, 2.45) is 0 Å². The van der Waals surface area contributed by atoms with Crippen molar-refractivity contribution in [3.63, 3.8) is 0 Å². The number of aromatic amines is 1. The first-order valence-electron chi connectivity index (χ1n) is 13.7. The van der Waals surface area contributed by atoms with Crippen LogP contribution < -0.4 is 25.4 Å². The summed E-state index contributed by atoms with van der Waals surface area (Å²) < 4.78 is 22.9. The molecule has 0 amide bonds. The van der Waals surface area contributed by atoms with Gasteiger partial charge in [-0.15, -0.1) is 0 Å². The van der Waals surface area contributed by atoms with Crippen molar-refractivity contribution in [2.45, 2.75) is 27.2 Å². The molecule has 0 saturated heterocycles. The van der Waals surface area contributed by atoms with Gasteiger partial charge >= 0.3 is 0 Å². The Morgan fingerprint density at radius 2 is 1.57 bits per heavy atom. The Morgan fingerprint density at radius 1 is 0.875 bits per heavy atom. The molecule has 0 bridgehead atoms. The van der Waals surface area contributed by atoms with Gasteiger partial charge in [-0.05, 0) is 36.8 Å². The first-order chi connectivity index (χ1) is 19.7. The number of anilines is 5. The fourth-order valence-corrected chi connectivity index (χ4v) is 3.89. The number of nitrogens with zero attached hydrogens (tertiary/aromatic N) is 2. The second-order valence-corrected chi connectivity index (χ2v) is 8.60. The molecule has 0 spiro atoms. The quantitative estimate of drug-likeness (QED) is 0.187. The number of H-pyrrole nitrogens is 1. The highest BCUT2D eigenvalue weighted by Crippen LogP contribution is 2.33. The van der Waals surface area contributed by atoms with E-state index in [4.69, 9.17) is 23.9 Å². The zero-order chi connectivity index (χ0) is 28.2. The fraction of sp³-hybridized carbons (Fsp3) is 0.333. The molecule has 0 fully saturated rings. The highest BCUT2D eigenvalue weighted by atomic mass is 16.6. The van der Waals surface area contributed by atoms with Crippen LogP contribution in [0.2, 0.25) is 0 Å². The van der Waals surface area contributed by atoms with E-state index in [0.29, 0.717) is 68.6 Å². The number of nitrogens with one attached hydrogen (secondary N) is 4. The maximum atomic E-state index is 5.95. The smallest absolute Gasteiger partial charge is 0.231 e. The molecule has 3 heterocycles. The minimum Gasteiger partial charge on any atom is -0.487 e. The molecule has 2 aromatic carbocycles. The Labute approximate surface area is 239 Å². The lowest BCUT2D eigenvalue weighted by atomic mass is 10.2. The number of ether oxygens (including phenoxy) is 4. The SMILES string of the molecule is C=C(CC)Nc1ccccc1Nc1nc(Nc2ccc3c(c2)OCCOCCOCCO3)nc2[nH]ccc12.CC.[HH].[HH].[HH]. The molecule has 0 saturated carbocycles. The molecule has 40 heavy (non-hydrogen) atoms. The average Bonchev–Trinajstić information content (AvgIpc) is 3.45. The number of benzene rings is 2. The lowest BCUT2D eigenvalue weighted by Crippen LogP contribution is -2.15. The molecule has 5 rings (SSSR count). The molecule has 10 heteroatoms. The maximum absolute atomic E-state index is 5.95. The second-order valence-electron chi connectivity index (χ2n) is 8.60. The van der Waals surface area contributed by atoms with E-state index < -0.39 is 0 Å². The van der Waals surface area contributed by atoms with Gasteiger partial charge in [-0.3, -0.25) is 0 Å². The fourth-order valence-electron chi connectivity index (χ4n) is 3.89. The molecule has 0 unspecified atom stereocenters. The van der Waals surface area contributed by atoms with E-state index in [-0.39, 0.29) is 4.28 Å². The van der Waals surface area contributed by atoms with Gasteiger partial charge in [-0.2, -0.15) is 9.97 Å². The van der Waals surface area contributed by atoms with Gasteiger partial charge in [-0.1, -0.05) is 39.5 Å². The van der Waals surface area contributed by atoms with E-state index in [2.05, 4.69) is 39.4 Å². The number of hydrogen-bond acceptors (Lipinski definition) is 9. The minimum absolute atomic E-state index is 0. The van der Waals surface area contributed by atoms with Crippen LogP contribution in [0.3, 0.4) is 0 Å². The highest BCUT2D eigenvalue weighted by molar-refractivity contribution is 5.92. The van der Waals surface area contributed by atoms with Crippen LogP contribution in [0.1, 0.15) is 31.5 Å². The molecule has 4 N–H and O–H groups in total. The Morgan fingerprint density at radius 3 is 2.33 bits per heavy atom. The Bertz CT molecular complexity index is 1410. The topological polar surface area (TPSA) is 115 Å². The van der Waals surface area contributed by atoms with Crippen LogP contribution in [0.15, 0.2) is 67.0 Å². The number of allylic oxidation sites excluding steroid dienone is 1. The molecule has 2 aromatic heterocycles. The largest absolute Gasteiger partial charge is 0.487 e. The van der Waals surface area contributed by atoms with Crippen molar-refractivity contribution < 1.29 is 23.2 Å². The second kappa shape index (κ2) is 14.8. The van der Waals surface area contributed by atoms with E-state index in [1.165, 1.54) is 0 Å². The number of para-hydroxylation sites is 2. The molecule has 0 radical (unpaired) electrons. The number of hydrogen-bond donors (Lipinski definition) is 4. The van der Waals surface area contributed by atoms with Crippen molar-refractivity contribution in [1.29, 1.82) is 0 Å². The summed E-state index contributed by atoms with van der Waals surface area (Å²) >= 11 is 0. The zero-order valence-electron chi connectivity index (χ0n) is 23.4. The van der Waals surface area contributed by atoms with Gasteiger partial charge in [-0.25, -0.2) is 0 Å². The Balaban J connectivity index is 0.00000181. The first kappa shape index (κ1) is 28.7. The molecule has 0 aliphatic carbocycles. The van der Waals surface area contributed by atoms with Crippen molar-refractivity contribution in [3.8, 4) is 11.5 Å². The summed E-state index contributed by atoms with van der Waals surface area (Å²) in [6.07, 6.45) is 2.67. The van der Waals surface area contributed by atoms with Crippen molar-refractivity contribution >= 4 is 39.9 Å². The van der Waals surface area contributed by atoms with Gasteiger partial charge in [0.25, 0.3) is 0 Å². The van der Waals surface area contributed by atoms with Gasteiger partial charge in [0.15, 0.2) is 11.5 Å². The van der Waals surface area contributed by atoms with Crippen LogP contribution in [0, 0.1) is 0 Å². The van der Waals surface area contributed by atoms with E-state index >= 15 is 0 Å². The van der Waals surface area contributed by atoms with Crippen molar-refractivity contribution in [3.05, 3.63) is 67.0 Å². The summed E-state index contributed by atoms with van der Waals surface area (Å²) in [6.45, 7) is 13.0. The molecule has 1 aliphatic rings. The van der Waals surface area contributed by atoms with Crippen LogP contribution in [0.4, 0.5) is 28.8 Å². The Hall–Kier alpha value is -4.28. The van der Waals surface area contributed by atoms with Crippen LogP contribution in [0.25, 0.3) is 11.0 Å². The molecule has 1 aliphatic heterocycles. The third kappa shape index (κ3) is 7.64. The predicted molar refractivity (Wildman–Crippen MR) is 167 cm³/mol. The standard InChI is InChI=1S/C28H32N6O4.C2H6.3H2/c1-3-19(2)30-22-6-4-5-7-23(22)32-27-21-10-11-29-26(21)33-28(34-27)31-20-8-9-24-25(18-20)38-17-15-36-13-12-35-14-16-37-24;1-2;;;/h4-11,18,30H,2-3,12-17H2,1H3,(H3,29,31,32,33,34);1-2H3;3*1H. The molecular weight excluding hydrogens is 508 g/mol. The van der Waals surface area contributed by atoms with Crippen LogP contribution in [-0.4, -0.2) is 54.6 Å². The summed E-state index contributed by atoms with van der Waals surface area (Å²) in [6, 6.07) is 15.5. The summed E-state index contributed by atoms with van der Waals surface area (Å²) in [4.78, 5) is 12.6. The zero-order valence-corrected chi connectivity index (χ0v) is 23.4. The van der Waals surface area contributed by atoms with Crippen LogP contribution >= 0.6 is 0 Å². The average molecular weight is 553 g/mol. The van der Waals surface area contributed by atoms with Gasteiger partial charge < -0.3 is 39.9 Å². The number of fused-ring (bicyclic) bond motifs is 2. The monoisotopic (exact) mass is 552 g/mol. The highest BCUT2D eigenvalue weighted by Gasteiger charge is 2.13. The van der Waals surface area contributed by atoms with E-state index in [1.54, 1.807) is 0 Å². The van der Waals surface area contributed by atoms with Crippen molar-refractivity contribution in [2.75, 3.05) is 55.6 Å². The molecule has 10 nitrogen and oxygen atoms in total. The predicted octanol–water partition coefficient (Wildman–Crippen LogP) is 7.35. The van der Waals surface area contributed by atoms with Gasteiger partial charge in [0.1, 0.15) is 24.7 Å². The normalized spacial score (nSPS) is 13.7. The molecule has 0 atom stereocenters. The van der Waals surface area contributed by atoms with E-state index in [9.17, 15) is 0 Å². The van der Waals surface area contributed by atoms with Gasteiger partial charge in [0.05, 0.1) is 43.2 Å². The lowest BCUT2D eigenvalue weighted by Gasteiger charge is -2.17. The Kier molecular flexibility index (Phi) is 10.6. The summed E-state index contributed by atoms with van der Waals surface area (Å²) in [5.74, 6) is 2.34. The van der Waals surface area contributed by atoms with Gasteiger partial charge in [0.2, 0.25) is 5.95 Å². The first-order valence-corrected chi connectivity index (χ1v) is 13.7. The summed E-state index contributed by atoms with van der Waals surface area (Å²) in [5, 5.41) is 11.0. The van der Waals surface area contributed by atoms with E-state index in [1.807, 2.05) is 68.6 Å². The molecule has 4 aromatic rings. The minimum atomic E-state index is 0. The summed E-state index contributed by atoms with van der Waals surface area (Å²) in [7, 11) is 0. The van der Waals surface area contributed by atoms with Crippen LogP contribution in [-0.2, 0) is 9.47 Å². The lowest BCUT2D eigenvalue weighted by molar-refractivity contribution is 0.0223. The third-order valence-electron chi connectivity index (χ3n) is 5.88. The maximum Gasteiger partial charge on any atom is 0.231 e. The molecular formula is C30H44N6O4. The van der Waals surface area contributed by atoms with Crippen LogP contribution in [0.5, 0.6) is 11.5 Å². The van der Waals surface area contributed by atoms with E-state index in [0.717, 1.165) is 34.6 Å². The number of aromatic nitrogens is 3. The molecule has 218 valence electrons. The number of rotatable bonds is 7. The van der Waals surface area contributed by atoms with Crippen molar-refractivity contribution in [1.82, 2.24) is 15.0 Å². The summed E-state index contributed by atoms with van der Waals surface area (Å²) in [5.41, 5.74) is 4.19. The van der Waals surface area contributed by atoms with Gasteiger partial charge in [0, 0.05) is 27.9 Å².